The molecule has 0 saturated heterocycles. The normalized spacial score (nSPS) is 10.8. The van der Waals surface area contributed by atoms with Crippen LogP contribution in [-0.4, -0.2) is 33.8 Å². The van der Waals surface area contributed by atoms with Gasteiger partial charge in [-0.25, -0.2) is 4.68 Å². The lowest BCUT2D eigenvalue weighted by Crippen LogP contribution is -2.16. The van der Waals surface area contributed by atoms with E-state index >= 15 is 0 Å². The highest BCUT2D eigenvalue weighted by Gasteiger charge is 2.06. The summed E-state index contributed by atoms with van der Waals surface area (Å²) in [5.74, 6) is 0.830. The molecule has 0 saturated carbocycles. The number of halogens is 1. The van der Waals surface area contributed by atoms with Gasteiger partial charge in [0.15, 0.2) is 0 Å². The van der Waals surface area contributed by atoms with E-state index in [4.69, 9.17) is 11.6 Å². The molecule has 18 heavy (non-hydrogen) atoms. The van der Waals surface area contributed by atoms with Crippen molar-refractivity contribution in [2.45, 2.75) is 17.5 Å². The maximum absolute atomic E-state index is 5.84. The zero-order valence-corrected chi connectivity index (χ0v) is 11.6. The van der Waals surface area contributed by atoms with Crippen molar-refractivity contribution in [3.05, 3.63) is 34.9 Å². The first-order chi connectivity index (χ1) is 8.79. The Morgan fingerprint density at radius 1 is 1.33 bits per heavy atom. The molecule has 0 amide bonds. The lowest BCUT2D eigenvalue weighted by Gasteiger charge is -2.04. The second-order valence-electron chi connectivity index (χ2n) is 3.70. The number of likely N-dealkylation sites (N-methyl/N-ethyl adjacent to an activating group) is 1. The van der Waals surface area contributed by atoms with E-state index in [0.29, 0.717) is 0 Å². The predicted molar refractivity (Wildman–Crippen MR) is 72.8 cm³/mol. The van der Waals surface area contributed by atoms with E-state index in [0.717, 1.165) is 29.0 Å². The van der Waals surface area contributed by atoms with Gasteiger partial charge in [0, 0.05) is 17.3 Å². The lowest BCUT2D eigenvalue weighted by atomic mass is 10.2. The molecule has 0 atom stereocenters. The van der Waals surface area contributed by atoms with Crippen molar-refractivity contribution in [1.82, 2.24) is 25.5 Å². The second-order valence-corrected chi connectivity index (χ2v) is 5.08. The smallest absolute Gasteiger partial charge is 0.209 e. The van der Waals surface area contributed by atoms with Crippen molar-refractivity contribution in [1.29, 1.82) is 0 Å². The Morgan fingerprint density at radius 3 is 2.83 bits per heavy atom. The number of benzene rings is 1. The first-order valence-corrected chi connectivity index (χ1v) is 6.94. The first kappa shape index (κ1) is 13.3. The molecule has 0 aliphatic rings. The number of aromatic nitrogens is 4. The molecule has 1 aromatic heterocycles. The molecule has 0 unspecified atom stereocenters. The van der Waals surface area contributed by atoms with Crippen LogP contribution in [-0.2, 0) is 12.3 Å². The van der Waals surface area contributed by atoms with Gasteiger partial charge in [0.1, 0.15) is 0 Å². The molecule has 0 fully saturated rings. The molecule has 1 heterocycles. The Hall–Kier alpha value is -1.11. The van der Waals surface area contributed by atoms with Gasteiger partial charge in [-0.3, -0.25) is 0 Å². The van der Waals surface area contributed by atoms with Crippen LogP contribution in [0.4, 0.5) is 0 Å². The van der Waals surface area contributed by atoms with Crippen LogP contribution in [0.3, 0.4) is 0 Å². The van der Waals surface area contributed by atoms with Crippen LogP contribution >= 0.6 is 23.4 Å². The number of nitrogens with one attached hydrogen (secondary N) is 1. The SMILES string of the molecule is CNCCn1nnnc1SCc1ccc(Cl)cc1. The monoisotopic (exact) mass is 283 g/mol. The molecule has 7 heteroatoms. The molecular formula is C11H14ClN5S. The number of hydrogen-bond donors (Lipinski definition) is 1. The zero-order valence-electron chi connectivity index (χ0n) is 10.0. The molecule has 96 valence electrons. The number of thioether (sulfide) groups is 1. The van der Waals surface area contributed by atoms with E-state index < -0.39 is 0 Å². The van der Waals surface area contributed by atoms with Gasteiger partial charge in [0.05, 0.1) is 6.54 Å². The van der Waals surface area contributed by atoms with E-state index in [1.807, 2.05) is 31.3 Å². The van der Waals surface area contributed by atoms with Gasteiger partial charge >= 0.3 is 0 Å². The predicted octanol–water partition coefficient (Wildman–Crippen LogP) is 1.84. The Morgan fingerprint density at radius 2 is 2.11 bits per heavy atom. The molecule has 0 aliphatic heterocycles. The standard InChI is InChI=1S/C11H14ClN5S/c1-13-6-7-17-11(14-15-16-17)18-8-9-2-4-10(12)5-3-9/h2-5,13H,6-8H2,1H3. The van der Waals surface area contributed by atoms with Crippen LogP contribution in [0.5, 0.6) is 0 Å². The summed E-state index contributed by atoms with van der Waals surface area (Å²) in [6.07, 6.45) is 0. The number of nitrogens with zero attached hydrogens (tertiary/aromatic N) is 4. The quantitative estimate of drug-likeness (QED) is 0.820. The molecule has 0 aliphatic carbocycles. The third-order valence-corrected chi connectivity index (χ3v) is 3.63. The molecule has 2 rings (SSSR count). The van der Waals surface area contributed by atoms with E-state index in [2.05, 4.69) is 20.8 Å². The van der Waals surface area contributed by atoms with Crippen LogP contribution in [0.15, 0.2) is 29.4 Å². The van der Waals surface area contributed by atoms with Crippen molar-refractivity contribution in [2.24, 2.45) is 0 Å². The maximum atomic E-state index is 5.84. The zero-order chi connectivity index (χ0) is 12.8. The second kappa shape index (κ2) is 6.72. The summed E-state index contributed by atoms with van der Waals surface area (Å²) in [6.45, 7) is 1.62. The van der Waals surface area contributed by atoms with E-state index in [1.54, 1.807) is 16.4 Å². The molecule has 0 spiro atoms. The number of tetrazole rings is 1. The minimum Gasteiger partial charge on any atom is -0.318 e. The van der Waals surface area contributed by atoms with Crippen molar-refractivity contribution in [2.75, 3.05) is 13.6 Å². The minimum absolute atomic E-state index is 0.752. The molecule has 0 bridgehead atoms. The maximum Gasteiger partial charge on any atom is 0.209 e. The molecule has 1 N–H and O–H groups in total. The Kier molecular flexibility index (Phi) is 4.98. The minimum atomic E-state index is 0.752. The summed E-state index contributed by atoms with van der Waals surface area (Å²) in [7, 11) is 1.91. The third-order valence-electron chi connectivity index (χ3n) is 2.35. The van der Waals surface area contributed by atoms with Crippen molar-refractivity contribution in [3.8, 4) is 0 Å². The molecule has 0 radical (unpaired) electrons. The highest BCUT2D eigenvalue weighted by atomic mass is 35.5. The van der Waals surface area contributed by atoms with Gasteiger partial charge in [-0.1, -0.05) is 35.5 Å². The summed E-state index contributed by atoms with van der Waals surface area (Å²) in [5, 5.41) is 16.3. The summed E-state index contributed by atoms with van der Waals surface area (Å²) in [6, 6.07) is 7.80. The van der Waals surface area contributed by atoms with Crippen molar-refractivity contribution in [3.63, 3.8) is 0 Å². The fourth-order valence-electron chi connectivity index (χ4n) is 1.39. The fraction of sp³-hybridized carbons (Fsp3) is 0.364. The van der Waals surface area contributed by atoms with Crippen molar-refractivity contribution < 1.29 is 0 Å². The van der Waals surface area contributed by atoms with Gasteiger partial charge in [0.2, 0.25) is 5.16 Å². The summed E-state index contributed by atoms with van der Waals surface area (Å²) >= 11 is 7.46. The summed E-state index contributed by atoms with van der Waals surface area (Å²) in [5.41, 5.74) is 1.20. The van der Waals surface area contributed by atoms with Gasteiger partial charge < -0.3 is 5.32 Å². The summed E-state index contributed by atoms with van der Waals surface area (Å²) in [4.78, 5) is 0. The molecular weight excluding hydrogens is 270 g/mol. The van der Waals surface area contributed by atoms with Crippen LogP contribution in [0, 0.1) is 0 Å². The molecule has 2 aromatic rings. The van der Waals surface area contributed by atoms with Crippen LogP contribution < -0.4 is 5.32 Å². The Bertz CT molecular complexity index is 484. The Balaban J connectivity index is 1.93. The van der Waals surface area contributed by atoms with Gasteiger partial charge in [-0.05, 0) is 35.2 Å². The van der Waals surface area contributed by atoms with Crippen molar-refractivity contribution >= 4 is 23.4 Å². The fourth-order valence-corrected chi connectivity index (χ4v) is 2.37. The highest BCUT2D eigenvalue weighted by molar-refractivity contribution is 7.98. The summed E-state index contributed by atoms with van der Waals surface area (Å²) < 4.78 is 1.80. The highest BCUT2D eigenvalue weighted by Crippen LogP contribution is 2.20. The van der Waals surface area contributed by atoms with Gasteiger partial charge in [0.25, 0.3) is 0 Å². The van der Waals surface area contributed by atoms with Crippen LogP contribution in [0.1, 0.15) is 5.56 Å². The molecule has 5 nitrogen and oxygen atoms in total. The van der Waals surface area contributed by atoms with E-state index in [9.17, 15) is 0 Å². The van der Waals surface area contributed by atoms with E-state index in [1.165, 1.54) is 5.56 Å². The van der Waals surface area contributed by atoms with Crippen LogP contribution in [0.2, 0.25) is 5.02 Å². The average molecular weight is 284 g/mol. The third kappa shape index (κ3) is 3.69. The molecule has 1 aromatic carbocycles. The largest absolute Gasteiger partial charge is 0.318 e. The first-order valence-electron chi connectivity index (χ1n) is 5.57. The van der Waals surface area contributed by atoms with Gasteiger partial charge in [-0.15, -0.1) is 5.10 Å². The Labute approximate surface area is 115 Å². The van der Waals surface area contributed by atoms with Crippen LogP contribution in [0.25, 0.3) is 0 Å². The lowest BCUT2D eigenvalue weighted by molar-refractivity contribution is 0.530. The number of rotatable bonds is 6. The number of hydrogen-bond acceptors (Lipinski definition) is 5. The van der Waals surface area contributed by atoms with E-state index in [-0.39, 0.29) is 0 Å². The topological polar surface area (TPSA) is 55.6 Å². The van der Waals surface area contributed by atoms with Gasteiger partial charge in [-0.2, -0.15) is 0 Å². The average Bonchev–Trinajstić information content (AvgIpc) is 2.83.